The Morgan fingerprint density at radius 1 is 0.585 bits per heavy atom. The molecule has 3 aliphatic heterocycles. The van der Waals surface area contributed by atoms with Crippen LogP contribution in [0.1, 0.15) is 152 Å². The van der Waals surface area contributed by atoms with E-state index < -0.39 is 0 Å². The van der Waals surface area contributed by atoms with Gasteiger partial charge in [-0.3, -0.25) is 24.2 Å². The Morgan fingerprint density at radius 3 is 1.39 bits per heavy atom. The third-order valence-corrected chi connectivity index (χ3v) is 11.0. The monoisotopic (exact) mass is 573 g/mol. The zero-order chi connectivity index (χ0) is 29.8. The molecular weight excluding hydrogens is 514 g/mol. The summed E-state index contributed by atoms with van der Waals surface area (Å²) in [6.45, 7) is 17.9. The number of imide groups is 1. The van der Waals surface area contributed by atoms with Crippen LogP contribution in [0.2, 0.25) is 0 Å². The lowest BCUT2D eigenvalue weighted by Gasteiger charge is -2.56. The van der Waals surface area contributed by atoms with Crippen LogP contribution in [0, 0.1) is 11.8 Å². The van der Waals surface area contributed by atoms with Gasteiger partial charge in [-0.2, -0.15) is 10.1 Å². The van der Waals surface area contributed by atoms with Crippen LogP contribution < -0.4 is 0 Å². The van der Waals surface area contributed by atoms with E-state index in [1.54, 1.807) is 4.90 Å². The Balaban J connectivity index is 1.28. The molecule has 1 atom stereocenters. The SMILES string of the molecule is CC1(C)CC(C2CC(=O)N(C3CC(C)(C)N(OC4CCCCC4)C(C)(C)C3)C2=O)CC(C)(C)N1OC1CCCCC1. The summed E-state index contributed by atoms with van der Waals surface area (Å²) >= 11 is 0. The normalized spacial score (nSPS) is 32.6. The third-order valence-electron chi connectivity index (χ3n) is 11.0. The quantitative estimate of drug-likeness (QED) is 0.314. The second-order valence-electron chi connectivity index (χ2n) is 16.7. The minimum Gasteiger partial charge on any atom is -0.295 e. The topological polar surface area (TPSA) is 62.3 Å². The van der Waals surface area contributed by atoms with Gasteiger partial charge in [0.05, 0.1) is 18.1 Å². The first-order valence-corrected chi connectivity index (χ1v) is 16.9. The number of nitrogens with zero attached hydrogens (tertiary/aromatic N) is 3. The second-order valence-corrected chi connectivity index (χ2v) is 16.7. The van der Waals surface area contributed by atoms with Crippen molar-refractivity contribution in [2.45, 2.75) is 192 Å². The van der Waals surface area contributed by atoms with Crippen molar-refractivity contribution in [3.63, 3.8) is 0 Å². The van der Waals surface area contributed by atoms with Gasteiger partial charge in [0.15, 0.2) is 0 Å². The highest BCUT2D eigenvalue weighted by atomic mass is 16.7. The second kappa shape index (κ2) is 11.5. The van der Waals surface area contributed by atoms with Gasteiger partial charge < -0.3 is 0 Å². The van der Waals surface area contributed by atoms with E-state index >= 15 is 0 Å². The molecule has 0 bridgehead atoms. The van der Waals surface area contributed by atoms with Crippen molar-refractivity contribution in [3.8, 4) is 0 Å². The van der Waals surface area contributed by atoms with Crippen LogP contribution >= 0.6 is 0 Å². The van der Waals surface area contributed by atoms with Gasteiger partial charge in [-0.15, -0.1) is 0 Å². The number of piperidine rings is 2. The van der Waals surface area contributed by atoms with Gasteiger partial charge in [-0.1, -0.05) is 38.5 Å². The van der Waals surface area contributed by atoms with E-state index in [0.717, 1.165) is 51.4 Å². The standard InChI is InChI=1S/C34H59N3O4/c1-31(2)20-24(21-32(3,4)36(31)40-26-15-11-9-12-16-26)28-19-29(38)35(30(28)39)25-22-33(5,6)37(34(7,8)23-25)41-27-17-13-10-14-18-27/h24-28H,9-23H2,1-8H3. The highest BCUT2D eigenvalue weighted by molar-refractivity contribution is 6.04. The Morgan fingerprint density at radius 2 is 0.976 bits per heavy atom. The number of hydroxylamine groups is 4. The molecule has 3 heterocycles. The summed E-state index contributed by atoms with van der Waals surface area (Å²) in [5, 5.41) is 4.49. The van der Waals surface area contributed by atoms with Crippen LogP contribution in [0.15, 0.2) is 0 Å². The van der Waals surface area contributed by atoms with Crippen molar-refractivity contribution in [2.75, 3.05) is 0 Å². The first-order valence-electron chi connectivity index (χ1n) is 16.9. The Bertz CT molecular complexity index is 927. The van der Waals surface area contributed by atoms with E-state index in [2.05, 4.69) is 65.5 Å². The van der Waals surface area contributed by atoms with Gasteiger partial charge in [0.1, 0.15) is 0 Å². The largest absolute Gasteiger partial charge is 0.295 e. The average Bonchev–Trinajstić information content (AvgIpc) is 3.18. The van der Waals surface area contributed by atoms with Gasteiger partial charge in [0.2, 0.25) is 11.8 Å². The zero-order valence-corrected chi connectivity index (χ0v) is 27.5. The van der Waals surface area contributed by atoms with Crippen molar-refractivity contribution < 1.29 is 19.3 Å². The fraction of sp³-hybridized carbons (Fsp3) is 0.941. The van der Waals surface area contributed by atoms with Crippen LogP contribution in [0.4, 0.5) is 0 Å². The molecule has 0 radical (unpaired) electrons. The van der Waals surface area contributed by atoms with Crippen LogP contribution in [0.5, 0.6) is 0 Å². The molecule has 7 heteroatoms. The molecule has 2 amide bonds. The van der Waals surface area contributed by atoms with Crippen LogP contribution in [0.25, 0.3) is 0 Å². The first kappa shape index (κ1) is 31.4. The molecule has 5 aliphatic rings. The minimum atomic E-state index is -0.270. The third kappa shape index (κ3) is 6.44. The lowest BCUT2D eigenvalue weighted by atomic mass is 9.70. The van der Waals surface area contributed by atoms with E-state index in [1.807, 2.05) is 0 Å². The number of rotatable bonds is 6. The lowest BCUT2D eigenvalue weighted by Crippen LogP contribution is -2.65. The Hall–Kier alpha value is -1.02. The molecule has 0 spiro atoms. The fourth-order valence-corrected chi connectivity index (χ4v) is 9.66. The molecule has 0 aromatic rings. The smallest absolute Gasteiger partial charge is 0.233 e. The number of likely N-dealkylation sites (tertiary alicyclic amines) is 1. The summed E-state index contributed by atoms with van der Waals surface area (Å²) < 4.78 is 0. The molecule has 234 valence electrons. The van der Waals surface area contributed by atoms with E-state index in [0.29, 0.717) is 12.5 Å². The van der Waals surface area contributed by atoms with Gasteiger partial charge >= 0.3 is 0 Å². The molecule has 2 aliphatic carbocycles. The van der Waals surface area contributed by atoms with Crippen molar-refractivity contribution in [3.05, 3.63) is 0 Å². The van der Waals surface area contributed by atoms with Crippen LogP contribution in [-0.2, 0) is 19.3 Å². The van der Waals surface area contributed by atoms with Gasteiger partial charge in [-0.05, 0) is 113 Å². The molecule has 0 aromatic carbocycles. The Labute approximate surface area is 249 Å². The lowest BCUT2D eigenvalue weighted by molar-refractivity contribution is -0.315. The maximum Gasteiger partial charge on any atom is 0.233 e. The maximum atomic E-state index is 14.2. The predicted molar refractivity (Wildman–Crippen MR) is 162 cm³/mol. The molecule has 3 saturated heterocycles. The predicted octanol–water partition coefficient (Wildman–Crippen LogP) is 7.18. The molecule has 2 saturated carbocycles. The van der Waals surface area contributed by atoms with Gasteiger partial charge in [0, 0.05) is 34.6 Å². The number of amides is 2. The number of carbonyl (C=O) groups excluding carboxylic acids is 2. The first-order chi connectivity index (χ1) is 19.1. The number of hydrogen-bond acceptors (Lipinski definition) is 6. The molecule has 41 heavy (non-hydrogen) atoms. The van der Waals surface area contributed by atoms with Gasteiger partial charge in [-0.25, -0.2) is 0 Å². The van der Waals surface area contributed by atoms with E-state index in [4.69, 9.17) is 9.68 Å². The summed E-state index contributed by atoms with van der Waals surface area (Å²) in [7, 11) is 0. The molecule has 5 rings (SSSR count). The van der Waals surface area contributed by atoms with Crippen molar-refractivity contribution in [1.82, 2.24) is 15.0 Å². The molecule has 0 N–H and O–H groups in total. The van der Waals surface area contributed by atoms with E-state index in [1.165, 1.54) is 38.5 Å². The molecule has 0 aromatic heterocycles. The van der Waals surface area contributed by atoms with Crippen molar-refractivity contribution in [2.24, 2.45) is 11.8 Å². The van der Waals surface area contributed by atoms with Gasteiger partial charge in [0.25, 0.3) is 0 Å². The summed E-state index contributed by atoms with van der Waals surface area (Å²) in [6, 6.07) is -0.0908. The van der Waals surface area contributed by atoms with E-state index in [-0.39, 0.29) is 58.0 Å². The van der Waals surface area contributed by atoms with E-state index in [9.17, 15) is 9.59 Å². The summed E-state index contributed by atoms with van der Waals surface area (Å²) in [5.41, 5.74) is -0.943. The molecule has 1 unspecified atom stereocenters. The number of carbonyl (C=O) groups is 2. The van der Waals surface area contributed by atoms with Crippen LogP contribution in [0.3, 0.4) is 0 Å². The van der Waals surface area contributed by atoms with Crippen LogP contribution in [-0.4, -0.2) is 67.2 Å². The number of hydrogen-bond donors (Lipinski definition) is 0. The molecule has 5 fully saturated rings. The average molecular weight is 574 g/mol. The summed E-state index contributed by atoms with van der Waals surface area (Å²) in [5.74, 6) is 0.0188. The summed E-state index contributed by atoms with van der Waals surface area (Å²) in [6.07, 6.45) is 16.2. The minimum absolute atomic E-state index is 0.0229. The maximum absolute atomic E-state index is 14.2. The zero-order valence-electron chi connectivity index (χ0n) is 27.5. The van der Waals surface area contributed by atoms with Crippen molar-refractivity contribution >= 4 is 11.8 Å². The summed E-state index contributed by atoms with van der Waals surface area (Å²) in [4.78, 5) is 42.9. The highest BCUT2D eigenvalue weighted by Gasteiger charge is 2.56. The highest BCUT2D eigenvalue weighted by Crippen LogP contribution is 2.49. The molecule has 7 nitrogen and oxygen atoms in total. The Kier molecular flexibility index (Phi) is 8.80. The molecular formula is C34H59N3O4. The van der Waals surface area contributed by atoms with Crippen molar-refractivity contribution in [1.29, 1.82) is 0 Å². The fourth-order valence-electron chi connectivity index (χ4n) is 9.66.